The Labute approximate surface area is 189 Å². The number of anilines is 2. The summed E-state index contributed by atoms with van der Waals surface area (Å²) in [6.07, 6.45) is -0.983. The van der Waals surface area contributed by atoms with Gasteiger partial charge in [0, 0.05) is 5.02 Å². The Hall–Kier alpha value is -3.55. The number of methoxy groups -OCH3 is 1. The molecule has 3 aromatic rings. The van der Waals surface area contributed by atoms with Gasteiger partial charge in [0.05, 0.1) is 24.5 Å². The number of aromatic hydroxyl groups is 1. The van der Waals surface area contributed by atoms with Crippen molar-refractivity contribution in [3.8, 4) is 11.5 Å². The average Bonchev–Trinajstić information content (AvgIpc) is 3.31. The van der Waals surface area contributed by atoms with Crippen molar-refractivity contribution in [2.45, 2.75) is 12.1 Å². The number of hydrogen-bond donors (Lipinski definition) is 1. The number of carbonyl (C=O) groups is 2. The highest BCUT2D eigenvalue weighted by molar-refractivity contribution is 6.30. The smallest absolute Gasteiger partial charge is 0.266 e. The third kappa shape index (κ3) is 3.18. The fraction of sp³-hybridized carbons (Fsp3) is 0.167. The number of carbonyl (C=O) groups excluding carboxylic acids is 2. The summed E-state index contributed by atoms with van der Waals surface area (Å²) in [6, 6.07) is 20.0. The first-order valence-electron chi connectivity index (χ1n) is 10.0. The van der Waals surface area contributed by atoms with Gasteiger partial charge in [0.15, 0.2) is 17.6 Å². The van der Waals surface area contributed by atoms with Gasteiger partial charge in [0.1, 0.15) is 5.92 Å². The van der Waals surface area contributed by atoms with Crippen LogP contribution in [0, 0.1) is 5.92 Å². The number of benzene rings is 3. The van der Waals surface area contributed by atoms with E-state index in [1.807, 2.05) is 6.07 Å². The molecular formula is C24H19ClN2O5. The molecule has 2 aliphatic rings. The number of ether oxygens (including phenoxy) is 1. The molecule has 0 bridgehead atoms. The summed E-state index contributed by atoms with van der Waals surface area (Å²) in [7, 11) is 1.45. The van der Waals surface area contributed by atoms with Crippen molar-refractivity contribution in [2.75, 3.05) is 17.1 Å². The van der Waals surface area contributed by atoms with Crippen LogP contribution in [-0.2, 0) is 14.4 Å². The lowest BCUT2D eigenvalue weighted by molar-refractivity contribution is -0.126. The van der Waals surface area contributed by atoms with Crippen molar-refractivity contribution >= 4 is 34.8 Å². The van der Waals surface area contributed by atoms with Crippen molar-refractivity contribution in [2.24, 2.45) is 5.92 Å². The lowest BCUT2D eigenvalue weighted by Crippen LogP contribution is -2.37. The third-order valence-electron chi connectivity index (χ3n) is 5.76. The van der Waals surface area contributed by atoms with Gasteiger partial charge in [-0.2, -0.15) is 0 Å². The van der Waals surface area contributed by atoms with Crippen LogP contribution in [0.3, 0.4) is 0 Å². The van der Waals surface area contributed by atoms with E-state index in [1.54, 1.807) is 65.7 Å². The molecule has 2 heterocycles. The van der Waals surface area contributed by atoms with E-state index in [0.717, 1.165) is 0 Å². The molecule has 1 N–H and O–H groups in total. The summed E-state index contributed by atoms with van der Waals surface area (Å²) in [5, 5.41) is 12.2. The minimum atomic E-state index is -0.983. The number of hydroxylamine groups is 1. The Morgan fingerprint density at radius 2 is 1.66 bits per heavy atom. The highest BCUT2D eigenvalue weighted by atomic mass is 35.5. The molecule has 0 aromatic heterocycles. The molecular weight excluding hydrogens is 432 g/mol. The number of fused-ring (bicyclic) bond motifs is 1. The first-order chi connectivity index (χ1) is 15.5. The van der Waals surface area contributed by atoms with E-state index >= 15 is 0 Å². The topological polar surface area (TPSA) is 79.3 Å². The van der Waals surface area contributed by atoms with Crippen LogP contribution in [0.4, 0.5) is 11.4 Å². The van der Waals surface area contributed by atoms with Crippen LogP contribution in [0.1, 0.15) is 11.6 Å². The maximum absolute atomic E-state index is 13.5. The molecule has 8 heteroatoms. The Kier molecular flexibility index (Phi) is 5.00. The molecule has 2 aliphatic heterocycles. The van der Waals surface area contributed by atoms with E-state index in [4.69, 9.17) is 21.2 Å². The molecule has 5 rings (SSSR count). The van der Waals surface area contributed by atoms with E-state index in [-0.39, 0.29) is 17.4 Å². The molecule has 0 aliphatic carbocycles. The van der Waals surface area contributed by atoms with Gasteiger partial charge in [-0.05, 0) is 54.1 Å². The van der Waals surface area contributed by atoms with Gasteiger partial charge in [-0.1, -0.05) is 35.9 Å². The summed E-state index contributed by atoms with van der Waals surface area (Å²) in [6.45, 7) is 0. The molecule has 0 saturated carbocycles. The van der Waals surface area contributed by atoms with Gasteiger partial charge in [-0.3, -0.25) is 14.4 Å². The van der Waals surface area contributed by atoms with Crippen LogP contribution >= 0.6 is 11.6 Å². The first-order valence-corrected chi connectivity index (χ1v) is 10.4. The van der Waals surface area contributed by atoms with Crippen LogP contribution in [0.2, 0.25) is 5.02 Å². The first kappa shape index (κ1) is 20.4. The highest BCUT2D eigenvalue weighted by Crippen LogP contribution is 2.48. The molecule has 3 atom stereocenters. The summed E-state index contributed by atoms with van der Waals surface area (Å²) in [5.74, 6) is -1.31. The van der Waals surface area contributed by atoms with Gasteiger partial charge in [-0.15, -0.1) is 0 Å². The Balaban J connectivity index is 1.61. The zero-order valence-corrected chi connectivity index (χ0v) is 17.8. The summed E-state index contributed by atoms with van der Waals surface area (Å²) in [5.41, 5.74) is 1.81. The molecule has 32 heavy (non-hydrogen) atoms. The van der Waals surface area contributed by atoms with Crippen LogP contribution in [0.5, 0.6) is 11.5 Å². The number of halogens is 1. The van der Waals surface area contributed by atoms with E-state index in [0.29, 0.717) is 22.0 Å². The maximum Gasteiger partial charge on any atom is 0.266 e. The van der Waals surface area contributed by atoms with Crippen LogP contribution < -0.4 is 14.7 Å². The number of phenols is 1. The van der Waals surface area contributed by atoms with E-state index in [2.05, 4.69) is 0 Å². The largest absolute Gasteiger partial charge is 0.504 e. The van der Waals surface area contributed by atoms with Crippen molar-refractivity contribution in [3.05, 3.63) is 83.4 Å². The predicted molar refractivity (Wildman–Crippen MR) is 119 cm³/mol. The summed E-state index contributed by atoms with van der Waals surface area (Å²) in [4.78, 5) is 34.1. The van der Waals surface area contributed by atoms with Crippen LogP contribution in [0.25, 0.3) is 0 Å². The zero-order chi connectivity index (χ0) is 22.4. The number of phenolic OH excluding ortho intramolecular Hbond substituents is 1. The number of hydrogen-bond acceptors (Lipinski definition) is 6. The van der Waals surface area contributed by atoms with Gasteiger partial charge in [-0.25, -0.2) is 9.96 Å². The van der Waals surface area contributed by atoms with Crippen molar-refractivity contribution < 1.29 is 24.3 Å². The summed E-state index contributed by atoms with van der Waals surface area (Å²) < 4.78 is 5.26. The van der Waals surface area contributed by atoms with Gasteiger partial charge < -0.3 is 9.84 Å². The van der Waals surface area contributed by atoms with Crippen molar-refractivity contribution in [1.82, 2.24) is 0 Å². The van der Waals surface area contributed by atoms with E-state index in [9.17, 15) is 14.7 Å². The second-order valence-corrected chi connectivity index (χ2v) is 8.01. The molecule has 162 valence electrons. The molecule has 2 amide bonds. The second kappa shape index (κ2) is 7.85. The number of para-hydroxylation sites is 1. The van der Waals surface area contributed by atoms with Crippen LogP contribution in [-0.4, -0.2) is 30.1 Å². The zero-order valence-electron chi connectivity index (χ0n) is 17.0. The minimum absolute atomic E-state index is 0.0236. The Bertz CT molecular complexity index is 1180. The second-order valence-electron chi connectivity index (χ2n) is 7.58. The number of nitrogens with zero attached hydrogens (tertiary/aromatic N) is 2. The average molecular weight is 451 g/mol. The fourth-order valence-corrected chi connectivity index (χ4v) is 4.40. The van der Waals surface area contributed by atoms with Crippen molar-refractivity contribution in [3.63, 3.8) is 0 Å². The highest BCUT2D eigenvalue weighted by Gasteiger charge is 2.60. The lowest BCUT2D eigenvalue weighted by Gasteiger charge is -2.29. The molecule has 3 aromatic carbocycles. The normalized spacial score (nSPS) is 22.4. The minimum Gasteiger partial charge on any atom is -0.504 e. The van der Waals surface area contributed by atoms with Crippen molar-refractivity contribution in [1.29, 1.82) is 0 Å². The van der Waals surface area contributed by atoms with Gasteiger partial charge in [0.25, 0.3) is 5.91 Å². The molecule has 2 fully saturated rings. The molecule has 0 spiro atoms. The van der Waals surface area contributed by atoms with E-state index in [1.165, 1.54) is 18.1 Å². The Morgan fingerprint density at radius 1 is 0.938 bits per heavy atom. The Morgan fingerprint density at radius 3 is 2.34 bits per heavy atom. The van der Waals surface area contributed by atoms with Gasteiger partial charge >= 0.3 is 0 Å². The molecule has 0 radical (unpaired) electrons. The predicted octanol–water partition coefficient (Wildman–Crippen LogP) is 4.11. The third-order valence-corrected chi connectivity index (χ3v) is 6.01. The SMILES string of the molecule is COc1cc(C2C3C(=O)N(c4ccccc4)C(=O)C3ON2c2ccc(Cl)cc2)ccc1O. The number of imide groups is 1. The van der Waals surface area contributed by atoms with Gasteiger partial charge in [0.2, 0.25) is 5.91 Å². The summed E-state index contributed by atoms with van der Waals surface area (Å²) >= 11 is 6.04. The molecule has 3 unspecified atom stereocenters. The van der Waals surface area contributed by atoms with Crippen LogP contribution in [0.15, 0.2) is 72.8 Å². The lowest BCUT2D eigenvalue weighted by atomic mass is 9.90. The van der Waals surface area contributed by atoms with E-state index < -0.39 is 24.0 Å². The quantitative estimate of drug-likeness (QED) is 0.603. The number of rotatable bonds is 4. The maximum atomic E-state index is 13.5. The molecule has 7 nitrogen and oxygen atoms in total. The fourth-order valence-electron chi connectivity index (χ4n) is 4.28. The molecule has 2 saturated heterocycles. The standard InChI is InChI=1S/C24H19ClN2O5/c1-31-19-13-14(7-12-18(19)28)21-20-22(32-27(21)17-10-8-15(25)9-11-17)24(30)26(23(20)29)16-5-3-2-4-6-16/h2-13,20-22,28H,1H3. The monoisotopic (exact) mass is 450 g/mol. The number of amides is 2.